The zero-order chi connectivity index (χ0) is 9.10. The lowest BCUT2D eigenvalue weighted by Crippen LogP contribution is -1.82. The number of benzene rings is 1. The molecule has 0 saturated carbocycles. The van der Waals surface area contributed by atoms with Crippen LogP contribution in [0.3, 0.4) is 0 Å². The van der Waals surface area contributed by atoms with Gasteiger partial charge < -0.3 is 0 Å². The molecular weight excluding hydrogens is 224 g/mol. The second-order valence-corrected chi connectivity index (χ2v) is 3.70. The summed E-state index contributed by atoms with van der Waals surface area (Å²) in [7, 11) is 0. The van der Waals surface area contributed by atoms with Crippen LogP contribution in [0.25, 0.3) is 12.2 Å². The Hall–Kier alpha value is -1.08. The fourth-order valence-electron chi connectivity index (χ4n) is 1.31. The number of rotatable bonds is 0. The molecule has 0 N–H and O–H groups in total. The van der Waals surface area contributed by atoms with E-state index in [2.05, 4.69) is 46.3 Å². The quantitative estimate of drug-likeness (QED) is 0.634. The second-order valence-electron chi connectivity index (χ2n) is 2.85. The Labute approximate surface area is 86.4 Å². The Morgan fingerprint density at radius 2 is 1.62 bits per heavy atom. The van der Waals surface area contributed by atoms with Crippen molar-refractivity contribution in [1.29, 1.82) is 0 Å². The molecule has 1 aromatic carbocycles. The molecule has 0 heterocycles. The predicted octanol–water partition coefficient (Wildman–Crippen LogP) is 4.05. The maximum Gasteiger partial charge on any atom is 0.0253 e. The van der Waals surface area contributed by atoms with Gasteiger partial charge in [0.15, 0.2) is 0 Å². The predicted molar refractivity (Wildman–Crippen MR) is 61.4 cm³/mol. The van der Waals surface area contributed by atoms with Crippen molar-refractivity contribution in [3.05, 3.63) is 58.1 Å². The molecule has 2 rings (SSSR count). The number of halogens is 1. The van der Waals surface area contributed by atoms with E-state index in [0.29, 0.717) is 0 Å². The van der Waals surface area contributed by atoms with Crippen LogP contribution >= 0.6 is 15.9 Å². The van der Waals surface area contributed by atoms with E-state index in [1.807, 2.05) is 24.3 Å². The maximum absolute atomic E-state index is 3.53. The van der Waals surface area contributed by atoms with Crippen LogP contribution in [0.1, 0.15) is 11.1 Å². The third kappa shape index (κ3) is 1.81. The van der Waals surface area contributed by atoms with Crippen molar-refractivity contribution in [1.82, 2.24) is 0 Å². The molecular formula is C12H9Br. The molecule has 0 nitrogen and oxygen atoms in total. The van der Waals surface area contributed by atoms with E-state index < -0.39 is 0 Å². The van der Waals surface area contributed by atoms with E-state index >= 15 is 0 Å². The molecule has 0 atom stereocenters. The minimum absolute atomic E-state index is 1.14. The number of hydrogen-bond donors (Lipinski definition) is 0. The second kappa shape index (κ2) is 3.75. The van der Waals surface area contributed by atoms with Crippen LogP contribution in [0.4, 0.5) is 0 Å². The fourth-order valence-corrected chi connectivity index (χ4v) is 1.83. The summed E-state index contributed by atoms with van der Waals surface area (Å²) in [6, 6.07) is 6.22. The molecule has 0 bridgehead atoms. The Morgan fingerprint density at radius 3 is 2.46 bits per heavy atom. The van der Waals surface area contributed by atoms with Crippen LogP contribution in [0.15, 0.2) is 47.0 Å². The molecule has 0 amide bonds. The lowest BCUT2D eigenvalue weighted by molar-refractivity contribution is 1.56. The third-order valence-electron chi connectivity index (χ3n) is 1.96. The first-order valence-electron chi connectivity index (χ1n) is 4.18. The van der Waals surface area contributed by atoms with Gasteiger partial charge in [-0.2, -0.15) is 0 Å². The summed E-state index contributed by atoms with van der Waals surface area (Å²) in [5.41, 5.74) is 2.48. The summed E-state index contributed by atoms with van der Waals surface area (Å²) in [6.45, 7) is 0. The van der Waals surface area contributed by atoms with Gasteiger partial charge in [0.05, 0.1) is 0 Å². The van der Waals surface area contributed by atoms with E-state index in [4.69, 9.17) is 0 Å². The average Bonchev–Trinajstić information content (AvgIpc) is 2.07. The lowest BCUT2D eigenvalue weighted by atomic mass is 10.1. The van der Waals surface area contributed by atoms with Gasteiger partial charge >= 0.3 is 0 Å². The van der Waals surface area contributed by atoms with E-state index in [1.165, 1.54) is 11.1 Å². The van der Waals surface area contributed by atoms with Crippen LogP contribution in [0.2, 0.25) is 0 Å². The third-order valence-corrected chi connectivity index (χ3v) is 2.65. The highest BCUT2D eigenvalue weighted by molar-refractivity contribution is 9.10. The smallest absolute Gasteiger partial charge is 0.0253 e. The van der Waals surface area contributed by atoms with Gasteiger partial charge in [0.25, 0.3) is 0 Å². The Kier molecular flexibility index (Phi) is 2.46. The monoisotopic (exact) mass is 232 g/mol. The van der Waals surface area contributed by atoms with E-state index in [0.717, 1.165) is 4.47 Å². The zero-order valence-corrected chi connectivity index (χ0v) is 8.66. The van der Waals surface area contributed by atoms with Crippen molar-refractivity contribution < 1.29 is 0 Å². The van der Waals surface area contributed by atoms with Gasteiger partial charge in [-0.3, -0.25) is 0 Å². The van der Waals surface area contributed by atoms with Crippen LogP contribution in [0.5, 0.6) is 0 Å². The largest absolute Gasteiger partial charge is 0.0622 e. The normalized spacial score (nSPS) is 21.0. The van der Waals surface area contributed by atoms with E-state index in [-0.39, 0.29) is 0 Å². The summed E-state index contributed by atoms with van der Waals surface area (Å²) in [4.78, 5) is 0. The fraction of sp³-hybridized carbons (Fsp3) is 0. The molecule has 0 saturated heterocycles. The van der Waals surface area contributed by atoms with Crippen LogP contribution in [0, 0.1) is 0 Å². The van der Waals surface area contributed by atoms with Crippen LogP contribution < -0.4 is 0 Å². The highest BCUT2D eigenvalue weighted by atomic mass is 79.9. The first kappa shape index (κ1) is 8.52. The number of hydrogen-bond acceptors (Lipinski definition) is 0. The van der Waals surface area contributed by atoms with Crippen LogP contribution in [-0.4, -0.2) is 0 Å². The Morgan fingerprint density at radius 1 is 0.846 bits per heavy atom. The maximum atomic E-state index is 3.53. The number of fused-ring (bicyclic) bond motifs is 1. The van der Waals surface area contributed by atoms with Gasteiger partial charge in [-0.1, -0.05) is 64.5 Å². The van der Waals surface area contributed by atoms with Crippen molar-refractivity contribution >= 4 is 28.1 Å². The van der Waals surface area contributed by atoms with Crippen molar-refractivity contribution in [2.24, 2.45) is 0 Å². The molecule has 0 aromatic heterocycles. The SMILES string of the molecule is Brc1cccc2c1\C=C/C=C\C=C/2. The van der Waals surface area contributed by atoms with Crippen LogP contribution in [-0.2, 0) is 0 Å². The summed E-state index contributed by atoms with van der Waals surface area (Å²) in [5, 5.41) is 0. The minimum atomic E-state index is 1.14. The molecule has 0 aliphatic heterocycles. The van der Waals surface area contributed by atoms with Crippen molar-refractivity contribution in [2.45, 2.75) is 0 Å². The molecule has 1 heteroatoms. The molecule has 13 heavy (non-hydrogen) atoms. The first-order chi connectivity index (χ1) is 6.38. The van der Waals surface area contributed by atoms with Gasteiger partial charge in [-0.25, -0.2) is 0 Å². The number of allylic oxidation sites excluding steroid dienone is 4. The molecule has 0 spiro atoms. The summed E-state index contributed by atoms with van der Waals surface area (Å²) in [6.07, 6.45) is 12.4. The molecule has 1 aromatic rings. The Balaban J connectivity index is 2.62. The van der Waals surface area contributed by atoms with Crippen molar-refractivity contribution in [2.75, 3.05) is 0 Å². The average molecular weight is 233 g/mol. The topological polar surface area (TPSA) is 0 Å². The summed E-state index contributed by atoms with van der Waals surface area (Å²) in [5.74, 6) is 0. The van der Waals surface area contributed by atoms with Crippen molar-refractivity contribution in [3.8, 4) is 0 Å². The molecule has 1 aliphatic carbocycles. The standard InChI is InChI=1S/C12H9Br/c13-12-9-5-7-10-6-3-1-2-4-8-11(10)12/h1-9H/b2-1-,3-1?,4-2?,6-3-,8-4-,10-6?,11-8?. The Bertz CT molecular complexity index is 398. The molecule has 1 aliphatic rings. The molecule has 0 radical (unpaired) electrons. The highest BCUT2D eigenvalue weighted by Crippen LogP contribution is 2.24. The summed E-state index contributed by atoms with van der Waals surface area (Å²) >= 11 is 3.53. The zero-order valence-electron chi connectivity index (χ0n) is 7.07. The van der Waals surface area contributed by atoms with Gasteiger partial charge in [0.1, 0.15) is 0 Å². The van der Waals surface area contributed by atoms with Gasteiger partial charge in [-0.15, -0.1) is 0 Å². The molecule has 64 valence electrons. The molecule has 0 fully saturated rings. The lowest BCUT2D eigenvalue weighted by Gasteiger charge is -2.04. The minimum Gasteiger partial charge on any atom is -0.0622 e. The van der Waals surface area contributed by atoms with Gasteiger partial charge in [0, 0.05) is 4.47 Å². The summed E-state index contributed by atoms with van der Waals surface area (Å²) < 4.78 is 1.14. The highest BCUT2D eigenvalue weighted by Gasteiger charge is 2.00. The first-order valence-corrected chi connectivity index (χ1v) is 4.97. The van der Waals surface area contributed by atoms with Gasteiger partial charge in [-0.05, 0) is 17.2 Å². The van der Waals surface area contributed by atoms with E-state index in [1.54, 1.807) is 0 Å². The molecule has 0 unspecified atom stereocenters. The van der Waals surface area contributed by atoms with E-state index in [9.17, 15) is 0 Å². The van der Waals surface area contributed by atoms with Gasteiger partial charge in [0.2, 0.25) is 0 Å². The van der Waals surface area contributed by atoms with Crippen molar-refractivity contribution in [3.63, 3.8) is 0 Å².